The highest BCUT2D eigenvalue weighted by atomic mass is 32.2. The van der Waals surface area contributed by atoms with Crippen molar-refractivity contribution in [1.29, 1.82) is 0 Å². The zero-order chi connectivity index (χ0) is 25.5. The average molecular weight is 506 g/mol. The third kappa shape index (κ3) is 7.13. The van der Waals surface area contributed by atoms with E-state index in [2.05, 4.69) is 12.2 Å². The van der Waals surface area contributed by atoms with Crippen LogP contribution in [0.15, 0.2) is 23.2 Å². The summed E-state index contributed by atoms with van der Waals surface area (Å²) < 4.78 is 27.4. The number of carboxylic acid groups (broad SMARTS) is 1. The summed E-state index contributed by atoms with van der Waals surface area (Å²) in [7, 11) is -3.49. The van der Waals surface area contributed by atoms with Crippen LogP contribution in [0.25, 0.3) is 0 Å². The van der Waals surface area contributed by atoms with Crippen LogP contribution in [0.2, 0.25) is 0 Å². The molecule has 0 aromatic heterocycles. The van der Waals surface area contributed by atoms with Crippen LogP contribution >= 0.6 is 0 Å². The van der Waals surface area contributed by atoms with Gasteiger partial charge in [0.15, 0.2) is 0 Å². The first-order chi connectivity index (χ1) is 16.7. The number of carboxylic acids is 1. The minimum atomic E-state index is -3.49. The Kier molecular flexibility index (Phi) is 9.47. The van der Waals surface area contributed by atoms with Gasteiger partial charge >= 0.3 is 5.97 Å². The van der Waals surface area contributed by atoms with Crippen molar-refractivity contribution in [2.75, 3.05) is 18.8 Å². The molecule has 8 nitrogen and oxygen atoms in total. The second kappa shape index (κ2) is 12.1. The Morgan fingerprint density at radius 2 is 1.74 bits per heavy atom. The molecule has 1 amide bonds. The van der Waals surface area contributed by atoms with E-state index in [4.69, 9.17) is 10.1 Å². The van der Waals surface area contributed by atoms with Crippen LogP contribution in [-0.2, 0) is 21.2 Å². The van der Waals surface area contributed by atoms with Crippen molar-refractivity contribution in [3.05, 3.63) is 34.9 Å². The number of nitrogens with one attached hydrogen (secondary N) is 1. The second-order valence-corrected chi connectivity index (χ2v) is 11.9. The molecule has 194 valence electrons. The van der Waals surface area contributed by atoms with E-state index in [0.717, 1.165) is 36.2 Å². The SMILES string of the molecule is CCCCCCCCCC1=NC2(CCN(S(=O)(=O)CCc3ccc(C(=O)O)cc3C)CC2)C(=O)N1. The number of piperidine rings is 1. The van der Waals surface area contributed by atoms with E-state index < -0.39 is 21.5 Å². The van der Waals surface area contributed by atoms with E-state index in [0.29, 0.717) is 19.3 Å². The maximum Gasteiger partial charge on any atom is 0.335 e. The summed E-state index contributed by atoms with van der Waals surface area (Å²) in [5.74, 6) is -0.396. The van der Waals surface area contributed by atoms with Gasteiger partial charge in [0, 0.05) is 19.5 Å². The number of hydrogen-bond donors (Lipinski definition) is 2. The molecule has 0 saturated carbocycles. The van der Waals surface area contributed by atoms with Crippen molar-refractivity contribution in [1.82, 2.24) is 9.62 Å². The summed E-state index contributed by atoms with van der Waals surface area (Å²) in [4.78, 5) is 28.6. The average Bonchev–Trinajstić information content (AvgIpc) is 3.12. The van der Waals surface area contributed by atoms with Gasteiger partial charge in [0.2, 0.25) is 10.0 Å². The van der Waals surface area contributed by atoms with Crippen LogP contribution in [0.4, 0.5) is 0 Å². The van der Waals surface area contributed by atoms with E-state index in [1.165, 1.54) is 42.5 Å². The van der Waals surface area contributed by atoms with Crippen LogP contribution in [0.1, 0.15) is 92.6 Å². The van der Waals surface area contributed by atoms with Crippen molar-refractivity contribution in [3.63, 3.8) is 0 Å². The topological polar surface area (TPSA) is 116 Å². The Morgan fingerprint density at radius 1 is 1.09 bits per heavy atom. The zero-order valence-electron chi connectivity index (χ0n) is 21.0. The molecule has 1 aromatic carbocycles. The molecule has 35 heavy (non-hydrogen) atoms. The van der Waals surface area contributed by atoms with E-state index in [1.54, 1.807) is 19.1 Å². The number of aliphatic imine (C=N–C) groups is 1. The Balaban J connectivity index is 1.49. The number of aryl methyl sites for hydroxylation is 2. The second-order valence-electron chi connectivity index (χ2n) is 9.83. The van der Waals surface area contributed by atoms with Gasteiger partial charge in [0.05, 0.1) is 11.3 Å². The number of amides is 1. The zero-order valence-corrected chi connectivity index (χ0v) is 21.8. The number of unbranched alkanes of at least 4 members (excludes halogenated alkanes) is 6. The van der Waals surface area contributed by atoms with Gasteiger partial charge in [-0.2, -0.15) is 0 Å². The van der Waals surface area contributed by atoms with Gasteiger partial charge in [-0.1, -0.05) is 51.5 Å². The lowest BCUT2D eigenvalue weighted by atomic mass is 9.89. The molecule has 1 saturated heterocycles. The normalized spacial score (nSPS) is 18.0. The number of carbonyl (C=O) groups is 2. The molecule has 0 aliphatic carbocycles. The molecule has 2 aliphatic heterocycles. The van der Waals surface area contributed by atoms with Gasteiger partial charge in [0.1, 0.15) is 11.4 Å². The summed E-state index contributed by atoms with van der Waals surface area (Å²) in [5.41, 5.74) is 0.952. The molecular weight excluding hydrogens is 466 g/mol. The number of amidine groups is 1. The fraction of sp³-hybridized carbons (Fsp3) is 0.654. The van der Waals surface area contributed by atoms with Gasteiger partial charge < -0.3 is 10.4 Å². The molecule has 9 heteroatoms. The molecule has 0 atom stereocenters. The predicted octanol–water partition coefficient (Wildman–Crippen LogP) is 4.07. The third-order valence-corrected chi connectivity index (χ3v) is 9.08. The van der Waals surface area contributed by atoms with Crippen LogP contribution < -0.4 is 5.32 Å². The fourth-order valence-corrected chi connectivity index (χ4v) is 6.38. The van der Waals surface area contributed by atoms with Gasteiger partial charge in [-0.05, 0) is 55.9 Å². The number of hydrogen-bond acceptors (Lipinski definition) is 5. The van der Waals surface area contributed by atoms with Gasteiger partial charge in [-0.25, -0.2) is 17.5 Å². The Hall–Kier alpha value is -2.26. The highest BCUT2D eigenvalue weighted by Crippen LogP contribution is 2.32. The van der Waals surface area contributed by atoms with Crippen LogP contribution in [0.3, 0.4) is 0 Å². The fourth-order valence-electron chi connectivity index (χ4n) is 4.90. The maximum absolute atomic E-state index is 13.0. The molecule has 1 fully saturated rings. The first-order valence-electron chi connectivity index (χ1n) is 12.9. The molecule has 2 heterocycles. The molecule has 2 N–H and O–H groups in total. The van der Waals surface area contributed by atoms with E-state index in [-0.39, 0.29) is 30.3 Å². The number of sulfonamides is 1. The molecule has 0 unspecified atom stereocenters. The lowest BCUT2D eigenvalue weighted by Gasteiger charge is -2.34. The standard InChI is InChI=1S/C26H39N3O5S/c1-3-4-5-6-7-8-9-10-23-27-25(32)26(28-23)14-16-29(17-15-26)35(33,34)18-13-21-11-12-22(24(30)31)19-20(21)2/h11-12,19H,3-10,13-18H2,1-2H3,(H,30,31)(H,27,28,32). The molecular formula is C26H39N3O5S. The quantitative estimate of drug-likeness (QED) is 0.392. The van der Waals surface area contributed by atoms with Crippen molar-refractivity contribution in [2.45, 2.75) is 90.0 Å². The Bertz CT molecular complexity index is 1040. The van der Waals surface area contributed by atoms with Crippen LogP contribution in [0.5, 0.6) is 0 Å². The van der Waals surface area contributed by atoms with Gasteiger partial charge in [-0.15, -0.1) is 0 Å². The first-order valence-corrected chi connectivity index (χ1v) is 14.5. The van der Waals surface area contributed by atoms with Crippen molar-refractivity contribution >= 4 is 27.7 Å². The van der Waals surface area contributed by atoms with E-state index in [9.17, 15) is 18.0 Å². The Morgan fingerprint density at radius 3 is 2.37 bits per heavy atom. The van der Waals surface area contributed by atoms with Crippen LogP contribution in [-0.4, -0.2) is 59.9 Å². The molecule has 0 radical (unpaired) electrons. The largest absolute Gasteiger partial charge is 0.478 e. The molecule has 0 bridgehead atoms. The monoisotopic (exact) mass is 505 g/mol. The molecule has 2 aliphatic rings. The number of benzene rings is 1. The summed E-state index contributed by atoms with van der Waals surface area (Å²) >= 11 is 0. The number of rotatable bonds is 13. The number of nitrogens with zero attached hydrogens (tertiary/aromatic N) is 2. The Labute approximate surface area is 209 Å². The highest BCUT2D eigenvalue weighted by Gasteiger charge is 2.47. The number of carbonyl (C=O) groups excluding carboxylic acids is 1. The molecule has 1 aromatic rings. The summed E-state index contributed by atoms with van der Waals surface area (Å²) in [5, 5.41) is 12.0. The lowest BCUT2D eigenvalue weighted by Crippen LogP contribution is -2.50. The maximum atomic E-state index is 13.0. The molecule has 3 rings (SSSR count). The van der Waals surface area contributed by atoms with E-state index in [1.807, 2.05) is 0 Å². The lowest BCUT2D eigenvalue weighted by molar-refractivity contribution is -0.124. The summed E-state index contributed by atoms with van der Waals surface area (Å²) in [6.45, 7) is 4.56. The van der Waals surface area contributed by atoms with E-state index >= 15 is 0 Å². The predicted molar refractivity (Wildman–Crippen MR) is 137 cm³/mol. The van der Waals surface area contributed by atoms with Gasteiger partial charge in [-0.3, -0.25) is 9.79 Å². The van der Waals surface area contributed by atoms with Crippen LogP contribution in [0, 0.1) is 6.92 Å². The van der Waals surface area contributed by atoms with Gasteiger partial charge in [0.25, 0.3) is 5.91 Å². The number of aromatic carboxylic acids is 1. The minimum Gasteiger partial charge on any atom is -0.478 e. The molecule has 1 spiro atoms. The summed E-state index contributed by atoms with van der Waals surface area (Å²) in [6, 6.07) is 4.75. The summed E-state index contributed by atoms with van der Waals surface area (Å²) in [6.07, 6.45) is 10.3. The minimum absolute atomic E-state index is 0.0494. The van der Waals surface area contributed by atoms with Crippen molar-refractivity contribution in [3.8, 4) is 0 Å². The highest BCUT2D eigenvalue weighted by molar-refractivity contribution is 7.89. The smallest absolute Gasteiger partial charge is 0.335 e. The first kappa shape index (κ1) is 27.3. The third-order valence-electron chi connectivity index (χ3n) is 7.21. The van der Waals surface area contributed by atoms with Crippen molar-refractivity contribution in [2.24, 2.45) is 4.99 Å². The van der Waals surface area contributed by atoms with Crippen molar-refractivity contribution < 1.29 is 23.1 Å².